The van der Waals surface area contributed by atoms with Crippen LogP contribution in [0.25, 0.3) is 0 Å². The maximum absolute atomic E-state index is 11.7. The third-order valence-electron chi connectivity index (χ3n) is 3.34. The van der Waals surface area contributed by atoms with Crippen molar-refractivity contribution in [2.75, 3.05) is 19.8 Å². The highest BCUT2D eigenvalue weighted by Gasteiger charge is 2.16. The van der Waals surface area contributed by atoms with Crippen LogP contribution < -0.4 is 20.5 Å². The molecule has 2 rings (SSSR count). The van der Waals surface area contributed by atoms with Crippen molar-refractivity contribution in [3.8, 4) is 11.5 Å². The summed E-state index contributed by atoms with van der Waals surface area (Å²) in [6.07, 6.45) is 0.743. The fourth-order valence-electron chi connectivity index (χ4n) is 1.99. The largest absolute Gasteiger partial charge is 0.486 e. The molecule has 0 bridgehead atoms. The molecule has 1 amide bonds. The molecular formula is C15H23ClN2O3. The van der Waals surface area contributed by atoms with Gasteiger partial charge in [0.15, 0.2) is 11.5 Å². The van der Waals surface area contributed by atoms with Gasteiger partial charge in [-0.25, -0.2) is 0 Å². The minimum atomic E-state index is -0.449. The third kappa shape index (κ3) is 4.79. The summed E-state index contributed by atoms with van der Waals surface area (Å²) in [6, 6.07) is 5.41. The molecule has 0 saturated carbocycles. The van der Waals surface area contributed by atoms with Gasteiger partial charge in [0.2, 0.25) is 5.91 Å². The van der Waals surface area contributed by atoms with Crippen LogP contribution in [0.15, 0.2) is 18.2 Å². The number of carbonyl (C=O) groups excluding carboxylic acids is 1. The van der Waals surface area contributed by atoms with E-state index >= 15 is 0 Å². The van der Waals surface area contributed by atoms with Crippen molar-refractivity contribution in [3.05, 3.63) is 23.8 Å². The summed E-state index contributed by atoms with van der Waals surface area (Å²) in [4.78, 5) is 11.7. The SMILES string of the molecule is CC(C)C(N)C(=O)NCCc1ccc2c(c1)OCCO2.Cl. The summed E-state index contributed by atoms with van der Waals surface area (Å²) < 4.78 is 11.0. The first-order chi connectivity index (χ1) is 9.58. The Labute approximate surface area is 131 Å². The van der Waals surface area contributed by atoms with Crippen LogP contribution in [0.1, 0.15) is 19.4 Å². The Morgan fingerprint density at radius 1 is 1.29 bits per heavy atom. The molecule has 21 heavy (non-hydrogen) atoms. The molecule has 1 aliphatic heterocycles. The molecule has 1 aromatic rings. The first-order valence-corrected chi connectivity index (χ1v) is 6.99. The van der Waals surface area contributed by atoms with Crippen LogP contribution in [0.3, 0.4) is 0 Å². The van der Waals surface area contributed by atoms with E-state index in [9.17, 15) is 4.79 Å². The van der Waals surface area contributed by atoms with Gasteiger partial charge < -0.3 is 20.5 Å². The van der Waals surface area contributed by atoms with Gasteiger partial charge in [0.1, 0.15) is 13.2 Å². The van der Waals surface area contributed by atoms with Gasteiger partial charge in [-0.05, 0) is 30.0 Å². The third-order valence-corrected chi connectivity index (χ3v) is 3.34. The Morgan fingerprint density at radius 3 is 2.62 bits per heavy atom. The van der Waals surface area contributed by atoms with E-state index in [1.54, 1.807) is 0 Å². The number of benzene rings is 1. The molecular weight excluding hydrogens is 292 g/mol. The highest BCUT2D eigenvalue weighted by Crippen LogP contribution is 2.30. The van der Waals surface area contributed by atoms with Gasteiger partial charge in [0, 0.05) is 6.54 Å². The van der Waals surface area contributed by atoms with E-state index in [0.29, 0.717) is 19.8 Å². The number of amides is 1. The van der Waals surface area contributed by atoms with Crippen molar-refractivity contribution in [1.29, 1.82) is 0 Å². The van der Waals surface area contributed by atoms with E-state index in [2.05, 4.69) is 5.32 Å². The predicted molar refractivity (Wildman–Crippen MR) is 84.2 cm³/mol. The van der Waals surface area contributed by atoms with Gasteiger partial charge in [0.05, 0.1) is 6.04 Å². The van der Waals surface area contributed by atoms with E-state index < -0.39 is 6.04 Å². The van der Waals surface area contributed by atoms with Crippen LogP contribution in [0.5, 0.6) is 11.5 Å². The van der Waals surface area contributed by atoms with Crippen molar-refractivity contribution < 1.29 is 14.3 Å². The zero-order valence-electron chi connectivity index (χ0n) is 12.4. The number of fused-ring (bicyclic) bond motifs is 1. The molecule has 1 aromatic carbocycles. The van der Waals surface area contributed by atoms with Crippen molar-refractivity contribution in [2.45, 2.75) is 26.3 Å². The Balaban J connectivity index is 0.00000220. The Bertz CT molecular complexity index is 480. The predicted octanol–water partition coefficient (Wildman–Crippen LogP) is 1.52. The molecule has 6 heteroatoms. The summed E-state index contributed by atoms with van der Waals surface area (Å²) in [6.45, 7) is 5.61. The molecule has 0 spiro atoms. The van der Waals surface area contributed by atoms with Crippen LogP contribution in [0.4, 0.5) is 0 Å². The smallest absolute Gasteiger partial charge is 0.237 e. The van der Waals surface area contributed by atoms with E-state index in [4.69, 9.17) is 15.2 Å². The summed E-state index contributed by atoms with van der Waals surface area (Å²) in [5, 5.41) is 2.86. The van der Waals surface area contributed by atoms with E-state index in [1.807, 2.05) is 32.0 Å². The minimum Gasteiger partial charge on any atom is -0.486 e. The number of nitrogens with one attached hydrogen (secondary N) is 1. The van der Waals surface area contributed by atoms with Crippen molar-refractivity contribution in [3.63, 3.8) is 0 Å². The second-order valence-electron chi connectivity index (χ2n) is 5.29. The second-order valence-corrected chi connectivity index (χ2v) is 5.29. The lowest BCUT2D eigenvalue weighted by atomic mass is 10.0. The fourth-order valence-corrected chi connectivity index (χ4v) is 1.99. The Kier molecular flexibility index (Phi) is 6.78. The van der Waals surface area contributed by atoms with E-state index in [-0.39, 0.29) is 24.2 Å². The molecule has 0 aliphatic carbocycles. The quantitative estimate of drug-likeness (QED) is 0.864. The Morgan fingerprint density at radius 2 is 1.95 bits per heavy atom. The molecule has 118 valence electrons. The number of halogens is 1. The highest BCUT2D eigenvalue weighted by atomic mass is 35.5. The first-order valence-electron chi connectivity index (χ1n) is 6.99. The number of rotatable bonds is 5. The molecule has 1 heterocycles. The van der Waals surface area contributed by atoms with Crippen molar-refractivity contribution in [2.24, 2.45) is 11.7 Å². The summed E-state index contributed by atoms with van der Waals surface area (Å²) >= 11 is 0. The van der Waals surface area contributed by atoms with E-state index in [1.165, 1.54) is 0 Å². The van der Waals surface area contributed by atoms with Crippen molar-refractivity contribution >= 4 is 18.3 Å². The van der Waals surface area contributed by atoms with E-state index in [0.717, 1.165) is 23.5 Å². The molecule has 0 fully saturated rings. The maximum Gasteiger partial charge on any atom is 0.237 e. The summed E-state index contributed by atoms with van der Waals surface area (Å²) in [5.41, 5.74) is 6.89. The molecule has 0 saturated heterocycles. The standard InChI is InChI=1S/C15H22N2O3.ClH/c1-10(2)14(16)15(18)17-6-5-11-3-4-12-13(9-11)20-8-7-19-12;/h3-4,9-10,14H,5-8,16H2,1-2H3,(H,17,18);1H. The molecule has 3 N–H and O–H groups in total. The molecule has 1 unspecified atom stereocenters. The van der Waals surface area contributed by atoms with Gasteiger partial charge in [0.25, 0.3) is 0 Å². The number of carbonyl (C=O) groups is 1. The average molecular weight is 315 g/mol. The number of ether oxygens (including phenoxy) is 2. The molecule has 1 atom stereocenters. The van der Waals surface area contributed by atoms with Crippen LogP contribution in [-0.4, -0.2) is 31.7 Å². The van der Waals surface area contributed by atoms with Crippen molar-refractivity contribution in [1.82, 2.24) is 5.32 Å². The molecule has 5 nitrogen and oxygen atoms in total. The minimum absolute atomic E-state index is 0. The van der Waals surface area contributed by atoms with Crippen LogP contribution in [0.2, 0.25) is 0 Å². The van der Waals surface area contributed by atoms with Crippen LogP contribution in [0, 0.1) is 5.92 Å². The number of hydrogen-bond donors (Lipinski definition) is 2. The van der Waals surface area contributed by atoms with Gasteiger partial charge in [-0.15, -0.1) is 12.4 Å². The number of hydrogen-bond acceptors (Lipinski definition) is 4. The fraction of sp³-hybridized carbons (Fsp3) is 0.533. The zero-order chi connectivity index (χ0) is 14.5. The average Bonchev–Trinajstić information content (AvgIpc) is 2.46. The lowest BCUT2D eigenvalue weighted by molar-refractivity contribution is -0.123. The topological polar surface area (TPSA) is 73.6 Å². The summed E-state index contributed by atoms with van der Waals surface area (Å²) in [5.74, 6) is 1.60. The highest BCUT2D eigenvalue weighted by molar-refractivity contribution is 5.85. The first kappa shape index (κ1) is 17.6. The second kappa shape index (κ2) is 8.10. The molecule has 0 aromatic heterocycles. The normalized spacial score (nSPS) is 14.3. The summed E-state index contributed by atoms with van der Waals surface area (Å²) in [7, 11) is 0. The van der Waals surface area contributed by atoms with Crippen LogP contribution >= 0.6 is 12.4 Å². The monoisotopic (exact) mass is 314 g/mol. The molecule has 0 radical (unpaired) electrons. The number of nitrogens with two attached hydrogens (primary N) is 1. The lowest BCUT2D eigenvalue weighted by Crippen LogP contribution is -2.44. The van der Waals surface area contributed by atoms with Gasteiger partial charge >= 0.3 is 0 Å². The maximum atomic E-state index is 11.7. The zero-order valence-corrected chi connectivity index (χ0v) is 13.2. The van der Waals surface area contributed by atoms with Gasteiger partial charge in [-0.3, -0.25) is 4.79 Å². The van der Waals surface area contributed by atoms with Gasteiger partial charge in [-0.1, -0.05) is 19.9 Å². The lowest BCUT2D eigenvalue weighted by Gasteiger charge is -2.19. The van der Waals surface area contributed by atoms with Crippen LogP contribution in [-0.2, 0) is 11.2 Å². The Hall–Kier alpha value is -1.46. The molecule has 1 aliphatic rings. The van der Waals surface area contributed by atoms with Gasteiger partial charge in [-0.2, -0.15) is 0 Å².